The van der Waals surface area contributed by atoms with Gasteiger partial charge in [0.1, 0.15) is 6.04 Å². The number of aryl methyl sites for hydroxylation is 1. The van der Waals surface area contributed by atoms with E-state index in [1.54, 1.807) is 23.0 Å². The molecule has 1 fully saturated rings. The summed E-state index contributed by atoms with van der Waals surface area (Å²) >= 11 is 5.94. The number of fused-ring (bicyclic) bond motifs is 1. The van der Waals surface area contributed by atoms with Crippen molar-refractivity contribution in [1.82, 2.24) is 19.4 Å². The molecule has 0 aliphatic carbocycles. The summed E-state index contributed by atoms with van der Waals surface area (Å²) in [5.41, 5.74) is 1.75. The number of benzene rings is 2. The van der Waals surface area contributed by atoms with E-state index >= 15 is 0 Å². The number of aromatic nitrogens is 2. The van der Waals surface area contributed by atoms with E-state index in [1.807, 2.05) is 25.2 Å². The average Bonchev–Trinajstić information content (AvgIpc) is 2.95. The predicted octanol–water partition coefficient (Wildman–Crippen LogP) is 3.09. The highest BCUT2D eigenvalue weighted by Gasteiger charge is 2.36. The van der Waals surface area contributed by atoms with Crippen LogP contribution in [-0.2, 0) is 28.4 Å². The minimum absolute atomic E-state index is 0.0912. The molecule has 0 bridgehead atoms. The van der Waals surface area contributed by atoms with Crippen molar-refractivity contribution in [2.24, 2.45) is 7.05 Å². The fourth-order valence-corrected chi connectivity index (χ4v) is 5.53. The molecule has 2 aromatic carbocycles. The molecule has 1 aliphatic heterocycles. The van der Waals surface area contributed by atoms with Gasteiger partial charge in [0.2, 0.25) is 15.9 Å². The highest BCUT2D eigenvalue weighted by molar-refractivity contribution is 7.89. The third-order valence-corrected chi connectivity index (χ3v) is 7.54. The van der Waals surface area contributed by atoms with Crippen molar-refractivity contribution in [3.63, 3.8) is 0 Å². The fraction of sp³-hybridized carbons (Fsp3) is 0.333. The summed E-state index contributed by atoms with van der Waals surface area (Å²) < 4.78 is 30.2. The van der Waals surface area contributed by atoms with Gasteiger partial charge in [-0.1, -0.05) is 17.7 Å². The molecule has 1 unspecified atom stereocenters. The highest BCUT2D eigenvalue weighted by Crippen LogP contribution is 2.27. The number of nitrogens with zero attached hydrogens (tertiary/aromatic N) is 3. The van der Waals surface area contributed by atoms with Gasteiger partial charge in [-0.15, -0.1) is 0 Å². The van der Waals surface area contributed by atoms with E-state index in [9.17, 15) is 13.2 Å². The van der Waals surface area contributed by atoms with Crippen LogP contribution in [0.5, 0.6) is 0 Å². The molecule has 3 aromatic rings. The van der Waals surface area contributed by atoms with Crippen LogP contribution in [0.25, 0.3) is 10.9 Å². The van der Waals surface area contributed by atoms with Crippen molar-refractivity contribution < 1.29 is 13.2 Å². The maximum absolute atomic E-state index is 13.6. The third-order valence-electron chi connectivity index (χ3n) is 5.42. The van der Waals surface area contributed by atoms with Crippen LogP contribution in [0.4, 0.5) is 0 Å². The van der Waals surface area contributed by atoms with Gasteiger partial charge in [-0.2, -0.15) is 9.40 Å². The van der Waals surface area contributed by atoms with Crippen molar-refractivity contribution in [3.05, 3.63) is 59.2 Å². The zero-order valence-corrected chi connectivity index (χ0v) is 18.2. The minimum Gasteiger partial charge on any atom is -0.355 e. The Morgan fingerprint density at radius 3 is 2.73 bits per heavy atom. The first-order valence-electron chi connectivity index (χ1n) is 9.82. The average molecular weight is 447 g/mol. The molecule has 1 aromatic heterocycles. The first kappa shape index (κ1) is 20.8. The summed E-state index contributed by atoms with van der Waals surface area (Å²) in [6.07, 6.45) is 3.83. The first-order chi connectivity index (χ1) is 14.4. The van der Waals surface area contributed by atoms with E-state index in [2.05, 4.69) is 10.4 Å². The van der Waals surface area contributed by atoms with Crippen LogP contribution in [0.2, 0.25) is 5.02 Å². The lowest BCUT2D eigenvalue weighted by Crippen LogP contribution is -2.48. The predicted molar refractivity (Wildman–Crippen MR) is 116 cm³/mol. The van der Waals surface area contributed by atoms with Gasteiger partial charge < -0.3 is 5.32 Å². The summed E-state index contributed by atoms with van der Waals surface area (Å²) in [5, 5.41) is 8.46. The molecule has 7 nitrogen and oxygen atoms in total. The molecule has 1 amide bonds. The zero-order chi connectivity index (χ0) is 21.3. The lowest BCUT2D eigenvalue weighted by molar-refractivity contribution is -0.124. The smallest absolute Gasteiger partial charge is 0.244 e. The molecule has 0 radical (unpaired) electrons. The van der Waals surface area contributed by atoms with E-state index in [-0.39, 0.29) is 17.3 Å². The van der Waals surface area contributed by atoms with Crippen molar-refractivity contribution in [1.29, 1.82) is 0 Å². The van der Waals surface area contributed by atoms with E-state index in [0.717, 1.165) is 29.3 Å². The van der Waals surface area contributed by atoms with Crippen LogP contribution in [0.15, 0.2) is 53.6 Å². The Bertz CT molecular complexity index is 1170. The largest absolute Gasteiger partial charge is 0.355 e. The topological polar surface area (TPSA) is 84.3 Å². The molecule has 4 rings (SSSR count). The van der Waals surface area contributed by atoms with Gasteiger partial charge in [-0.05, 0) is 61.2 Å². The molecule has 0 spiro atoms. The summed E-state index contributed by atoms with van der Waals surface area (Å²) in [6, 6.07) is 11.0. The monoisotopic (exact) mass is 446 g/mol. The number of hydrogen-bond donors (Lipinski definition) is 1. The molecule has 1 N–H and O–H groups in total. The Labute approximate surface area is 180 Å². The van der Waals surface area contributed by atoms with E-state index < -0.39 is 16.1 Å². The molecule has 9 heteroatoms. The zero-order valence-electron chi connectivity index (χ0n) is 16.6. The normalized spacial score (nSPS) is 17.8. The first-order valence-corrected chi connectivity index (χ1v) is 11.6. The lowest BCUT2D eigenvalue weighted by atomic mass is 10.1. The van der Waals surface area contributed by atoms with Crippen LogP contribution in [0.1, 0.15) is 24.8 Å². The SMILES string of the molecule is Cn1ncc2cc(CN(C3CCCCNC3=O)S(=O)(=O)c3ccc(Cl)cc3)ccc21. The van der Waals surface area contributed by atoms with Gasteiger partial charge in [0.05, 0.1) is 16.6 Å². The van der Waals surface area contributed by atoms with Gasteiger partial charge in [0.25, 0.3) is 0 Å². The maximum Gasteiger partial charge on any atom is 0.244 e. The lowest BCUT2D eigenvalue weighted by Gasteiger charge is -2.29. The molecule has 158 valence electrons. The molecular formula is C21H23ClN4O3S. The summed E-state index contributed by atoms with van der Waals surface area (Å²) in [6.45, 7) is 0.652. The number of carbonyl (C=O) groups excluding carboxylic acids is 1. The number of halogens is 1. The van der Waals surface area contributed by atoms with Gasteiger partial charge in [-0.3, -0.25) is 9.48 Å². The van der Waals surface area contributed by atoms with Gasteiger partial charge in [0.15, 0.2) is 0 Å². The van der Waals surface area contributed by atoms with Crippen LogP contribution < -0.4 is 5.32 Å². The standard InChI is InChI=1S/C21H23ClN4O3S/c1-25-19-10-5-15(12-16(19)13-24-25)14-26(20-4-2-3-11-23-21(20)27)30(28,29)18-8-6-17(22)7-9-18/h5-10,12-13,20H,2-4,11,14H2,1H3,(H,23,27). The Kier molecular flexibility index (Phi) is 5.81. The third kappa shape index (κ3) is 4.08. The maximum atomic E-state index is 13.6. The molecule has 0 saturated carbocycles. The number of rotatable bonds is 5. The van der Waals surface area contributed by atoms with Gasteiger partial charge in [-0.25, -0.2) is 8.42 Å². The van der Waals surface area contributed by atoms with Gasteiger partial charge >= 0.3 is 0 Å². The Morgan fingerprint density at radius 2 is 1.97 bits per heavy atom. The number of sulfonamides is 1. The number of carbonyl (C=O) groups is 1. The second kappa shape index (κ2) is 8.37. The number of amides is 1. The molecule has 1 saturated heterocycles. The molecule has 1 aliphatic rings. The van der Waals surface area contributed by atoms with Crippen LogP contribution in [0.3, 0.4) is 0 Å². The number of nitrogens with one attached hydrogen (secondary N) is 1. The summed E-state index contributed by atoms with van der Waals surface area (Å²) in [7, 11) is -2.06. The Hall–Kier alpha value is -2.42. The summed E-state index contributed by atoms with van der Waals surface area (Å²) in [5.74, 6) is -0.257. The fourth-order valence-electron chi connectivity index (χ4n) is 3.79. The Morgan fingerprint density at radius 1 is 1.20 bits per heavy atom. The second-order valence-electron chi connectivity index (χ2n) is 7.47. The van der Waals surface area contributed by atoms with Crippen molar-refractivity contribution in [3.8, 4) is 0 Å². The van der Waals surface area contributed by atoms with E-state index in [0.29, 0.717) is 18.0 Å². The second-order valence-corrected chi connectivity index (χ2v) is 9.80. The van der Waals surface area contributed by atoms with Crippen LogP contribution >= 0.6 is 11.6 Å². The highest BCUT2D eigenvalue weighted by atomic mass is 35.5. The van der Waals surface area contributed by atoms with Crippen LogP contribution in [-0.4, -0.2) is 41.0 Å². The molecular weight excluding hydrogens is 424 g/mol. The number of hydrogen-bond acceptors (Lipinski definition) is 4. The van der Waals surface area contributed by atoms with E-state index in [4.69, 9.17) is 11.6 Å². The summed E-state index contributed by atoms with van der Waals surface area (Å²) in [4.78, 5) is 12.9. The molecule has 2 heterocycles. The Balaban J connectivity index is 1.75. The minimum atomic E-state index is -3.92. The molecule has 30 heavy (non-hydrogen) atoms. The van der Waals surface area contributed by atoms with Crippen molar-refractivity contribution in [2.75, 3.05) is 6.54 Å². The quantitative estimate of drug-likeness (QED) is 0.652. The van der Waals surface area contributed by atoms with Crippen molar-refractivity contribution >= 4 is 38.4 Å². The van der Waals surface area contributed by atoms with Crippen molar-refractivity contribution in [2.45, 2.75) is 36.7 Å². The van der Waals surface area contributed by atoms with Crippen LogP contribution in [0, 0.1) is 0 Å². The molecule has 1 atom stereocenters. The van der Waals surface area contributed by atoms with Gasteiger partial charge in [0, 0.05) is 30.5 Å². The van der Waals surface area contributed by atoms with E-state index in [1.165, 1.54) is 16.4 Å².